The lowest BCUT2D eigenvalue weighted by Crippen LogP contribution is -2.37. The van der Waals surface area contributed by atoms with Gasteiger partial charge in [-0.25, -0.2) is 13.2 Å². The molecule has 0 N–H and O–H groups in total. The van der Waals surface area contributed by atoms with Crippen molar-refractivity contribution >= 4 is 13.2 Å². The van der Waals surface area contributed by atoms with Gasteiger partial charge in [0.1, 0.15) is 11.4 Å². The standard InChI is InChI=1S/C14H15F8P/c1-3-5-23(6-4-2)9-7-8(15)11(16)10(12(9)17)13(18,19)14(20,21)22/h7H,3-6H2,1-2H3. The third-order valence-electron chi connectivity index (χ3n) is 3.13. The molecule has 0 aliphatic rings. The first-order valence-electron chi connectivity index (χ1n) is 6.86. The molecular weight excluding hydrogens is 351 g/mol. The van der Waals surface area contributed by atoms with Gasteiger partial charge in [-0.05, 0) is 18.4 Å². The van der Waals surface area contributed by atoms with Gasteiger partial charge in [0.05, 0.1) is 0 Å². The molecule has 0 saturated carbocycles. The van der Waals surface area contributed by atoms with Crippen LogP contribution in [0.5, 0.6) is 0 Å². The summed E-state index contributed by atoms with van der Waals surface area (Å²) in [5, 5.41) is -0.582. The minimum Gasteiger partial charge on any atom is -0.206 e. The van der Waals surface area contributed by atoms with E-state index in [4.69, 9.17) is 0 Å². The number of rotatable bonds is 6. The number of alkyl halides is 5. The second-order valence-corrected chi connectivity index (χ2v) is 7.40. The molecular formula is C14H15F8P. The van der Waals surface area contributed by atoms with Gasteiger partial charge in [-0.15, -0.1) is 0 Å². The molecule has 0 bridgehead atoms. The molecule has 23 heavy (non-hydrogen) atoms. The maximum Gasteiger partial charge on any atom is 0.458 e. The van der Waals surface area contributed by atoms with Gasteiger partial charge in [-0.2, -0.15) is 22.0 Å². The summed E-state index contributed by atoms with van der Waals surface area (Å²) in [5.74, 6) is -12.2. The molecule has 0 unspecified atom stereocenters. The van der Waals surface area contributed by atoms with E-state index in [-0.39, 0.29) is 0 Å². The van der Waals surface area contributed by atoms with Crippen molar-refractivity contribution < 1.29 is 35.1 Å². The van der Waals surface area contributed by atoms with Crippen LogP contribution < -0.4 is 5.30 Å². The Kier molecular flexibility index (Phi) is 6.41. The molecule has 0 nitrogen and oxygen atoms in total. The Morgan fingerprint density at radius 1 is 0.870 bits per heavy atom. The second kappa shape index (κ2) is 7.32. The van der Waals surface area contributed by atoms with Crippen LogP contribution in [0.15, 0.2) is 6.07 Å². The first-order valence-corrected chi connectivity index (χ1v) is 8.57. The van der Waals surface area contributed by atoms with Crippen molar-refractivity contribution in [2.24, 2.45) is 0 Å². The highest BCUT2D eigenvalue weighted by molar-refractivity contribution is 7.65. The molecule has 0 atom stereocenters. The molecule has 0 amide bonds. The Labute approximate surface area is 129 Å². The van der Waals surface area contributed by atoms with Crippen LogP contribution in [0, 0.1) is 17.5 Å². The molecule has 132 valence electrons. The summed E-state index contributed by atoms with van der Waals surface area (Å²) >= 11 is 0. The molecule has 0 spiro atoms. The Morgan fingerprint density at radius 2 is 1.35 bits per heavy atom. The van der Waals surface area contributed by atoms with Crippen molar-refractivity contribution in [2.75, 3.05) is 12.3 Å². The van der Waals surface area contributed by atoms with Gasteiger partial charge >= 0.3 is 12.1 Å². The van der Waals surface area contributed by atoms with E-state index >= 15 is 0 Å². The molecule has 0 radical (unpaired) electrons. The average Bonchev–Trinajstić information content (AvgIpc) is 2.41. The van der Waals surface area contributed by atoms with Crippen LogP contribution in [0.2, 0.25) is 0 Å². The summed E-state index contributed by atoms with van der Waals surface area (Å²) in [7, 11) is -1.49. The third kappa shape index (κ3) is 3.95. The summed E-state index contributed by atoms with van der Waals surface area (Å²) in [6, 6.07) is 0.400. The fraction of sp³-hybridized carbons (Fsp3) is 0.571. The SMILES string of the molecule is CCCP(CCC)c1cc(F)c(F)c(C(F)(F)C(F)(F)F)c1F. The van der Waals surface area contributed by atoms with E-state index in [0.717, 1.165) is 0 Å². The van der Waals surface area contributed by atoms with E-state index in [1.807, 2.05) is 0 Å². The van der Waals surface area contributed by atoms with E-state index in [9.17, 15) is 35.1 Å². The van der Waals surface area contributed by atoms with Crippen molar-refractivity contribution in [3.8, 4) is 0 Å². The van der Waals surface area contributed by atoms with Crippen molar-refractivity contribution in [3.63, 3.8) is 0 Å². The van der Waals surface area contributed by atoms with E-state index in [1.54, 1.807) is 13.8 Å². The molecule has 0 aliphatic heterocycles. The quantitative estimate of drug-likeness (QED) is 0.345. The zero-order valence-corrected chi connectivity index (χ0v) is 13.3. The van der Waals surface area contributed by atoms with E-state index in [1.165, 1.54) is 0 Å². The molecule has 0 heterocycles. The average molecular weight is 366 g/mol. The fourth-order valence-corrected chi connectivity index (χ4v) is 4.60. The van der Waals surface area contributed by atoms with Crippen LogP contribution in [0.3, 0.4) is 0 Å². The first kappa shape index (κ1) is 20.1. The Bertz CT molecular complexity index is 547. The smallest absolute Gasteiger partial charge is 0.206 e. The van der Waals surface area contributed by atoms with Crippen molar-refractivity contribution in [3.05, 3.63) is 29.1 Å². The van der Waals surface area contributed by atoms with Crippen LogP contribution >= 0.6 is 7.92 Å². The maximum absolute atomic E-state index is 14.3. The van der Waals surface area contributed by atoms with Gasteiger partial charge in [0.15, 0.2) is 11.6 Å². The molecule has 0 aromatic heterocycles. The zero-order chi connectivity index (χ0) is 18.0. The van der Waals surface area contributed by atoms with Crippen LogP contribution in [-0.4, -0.2) is 18.5 Å². The van der Waals surface area contributed by atoms with Crippen molar-refractivity contribution in [1.29, 1.82) is 0 Å². The largest absolute Gasteiger partial charge is 0.458 e. The molecule has 1 aromatic rings. The van der Waals surface area contributed by atoms with E-state index in [2.05, 4.69) is 0 Å². The minimum atomic E-state index is -6.22. The molecule has 1 rings (SSSR count). The Hall–Kier alpha value is -0.910. The van der Waals surface area contributed by atoms with Gasteiger partial charge < -0.3 is 0 Å². The van der Waals surface area contributed by atoms with Crippen LogP contribution in [-0.2, 0) is 5.92 Å². The number of hydrogen-bond acceptors (Lipinski definition) is 0. The van der Waals surface area contributed by atoms with Gasteiger partial charge in [0, 0.05) is 5.30 Å². The first-order chi connectivity index (χ1) is 10.5. The number of benzene rings is 1. The lowest BCUT2D eigenvalue weighted by Gasteiger charge is -2.24. The molecule has 9 heteroatoms. The summed E-state index contributed by atoms with van der Waals surface area (Å²) < 4.78 is 105. The Morgan fingerprint density at radius 3 is 1.74 bits per heavy atom. The van der Waals surface area contributed by atoms with Crippen molar-refractivity contribution in [1.82, 2.24) is 0 Å². The normalized spacial score (nSPS) is 13.0. The van der Waals surface area contributed by atoms with Gasteiger partial charge in [0.25, 0.3) is 0 Å². The summed E-state index contributed by atoms with van der Waals surface area (Å²) in [6.07, 6.45) is -4.56. The number of hydrogen-bond donors (Lipinski definition) is 0. The lowest BCUT2D eigenvalue weighted by molar-refractivity contribution is -0.291. The van der Waals surface area contributed by atoms with E-state index < -0.39 is 48.3 Å². The topological polar surface area (TPSA) is 0 Å². The predicted octanol–water partition coefficient (Wildman–Crippen LogP) is 5.69. The molecule has 0 fully saturated rings. The summed E-state index contributed by atoms with van der Waals surface area (Å²) in [6.45, 7) is 3.43. The van der Waals surface area contributed by atoms with E-state index in [0.29, 0.717) is 31.2 Å². The summed E-state index contributed by atoms with van der Waals surface area (Å²) in [4.78, 5) is 0. The maximum atomic E-state index is 14.3. The Balaban J connectivity index is 3.61. The monoisotopic (exact) mass is 366 g/mol. The van der Waals surface area contributed by atoms with Crippen LogP contribution in [0.4, 0.5) is 35.1 Å². The number of halogens is 8. The van der Waals surface area contributed by atoms with Gasteiger partial charge in [-0.3, -0.25) is 0 Å². The molecule has 1 aromatic carbocycles. The van der Waals surface area contributed by atoms with Gasteiger partial charge in [0.2, 0.25) is 0 Å². The molecule has 0 aliphatic carbocycles. The highest BCUT2D eigenvalue weighted by atomic mass is 31.1. The zero-order valence-electron chi connectivity index (χ0n) is 12.4. The second-order valence-electron chi connectivity index (χ2n) is 4.94. The minimum absolute atomic E-state index is 0.322. The highest BCUT2D eigenvalue weighted by Gasteiger charge is 2.62. The van der Waals surface area contributed by atoms with Gasteiger partial charge in [-0.1, -0.05) is 34.6 Å². The lowest BCUT2D eigenvalue weighted by atomic mass is 10.1. The predicted molar refractivity (Wildman–Crippen MR) is 73.1 cm³/mol. The van der Waals surface area contributed by atoms with Crippen LogP contribution in [0.1, 0.15) is 32.3 Å². The third-order valence-corrected chi connectivity index (χ3v) is 6.12. The van der Waals surface area contributed by atoms with Crippen molar-refractivity contribution in [2.45, 2.75) is 38.8 Å². The summed E-state index contributed by atoms with van der Waals surface area (Å²) in [5.41, 5.74) is -2.56. The highest BCUT2D eigenvalue weighted by Crippen LogP contribution is 2.47. The molecule has 0 saturated heterocycles. The van der Waals surface area contributed by atoms with Crippen LogP contribution in [0.25, 0.3) is 0 Å². The fourth-order valence-electron chi connectivity index (χ4n) is 2.13.